The normalized spacial score (nSPS) is 15.2. The Morgan fingerprint density at radius 1 is 1.03 bits per heavy atom. The van der Waals surface area contributed by atoms with E-state index >= 15 is 0 Å². The van der Waals surface area contributed by atoms with Gasteiger partial charge in [-0.1, -0.05) is 61.5 Å². The Morgan fingerprint density at radius 2 is 1.50 bits per heavy atom. The molecule has 170 valence electrons. The molecule has 0 spiro atoms. The number of phenolic OH excluding ortho intramolecular Hbond substituents is 1. The van der Waals surface area contributed by atoms with Gasteiger partial charge in [-0.15, -0.1) is 0 Å². The van der Waals surface area contributed by atoms with E-state index in [4.69, 9.17) is 9.05 Å². The summed E-state index contributed by atoms with van der Waals surface area (Å²) < 4.78 is 23.7. The van der Waals surface area contributed by atoms with Crippen LogP contribution in [0.1, 0.15) is 85.9 Å². The third-order valence-corrected chi connectivity index (χ3v) is 7.06. The van der Waals surface area contributed by atoms with Crippen LogP contribution in [0, 0.1) is 0 Å². The molecule has 0 bridgehead atoms. The lowest BCUT2D eigenvalue weighted by Crippen LogP contribution is -2.17. The Hall–Kier alpha value is -1.42. The first-order chi connectivity index (χ1) is 13.5. The molecule has 0 amide bonds. The first-order valence-corrected chi connectivity index (χ1v) is 12.1. The van der Waals surface area contributed by atoms with E-state index in [0.29, 0.717) is 5.75 Å². The van der Waals surface area contributed by atoms with Gasteiger partial charge in [0.2, 0.25) is 0 Å². The van der Waals surface area contributed by atoms with Crippen LogP contribution in [0.3, 0.4) is 0 Å². The number of rotatable bonds is 8. The smallest absolute Gasteiger partial charge is 0.333 e. The SMILES string of the molecule is CC(C)OP(=O)(OCC(=O)C=Cc1cc(C(C)(C)C)c(O)c(C(C)(C)C)c1)C(C)C. The number of benzene rings is 1. The van der Waals surface area contributed by atoms with Crippen LogP contribution in [0.5, 0.6) is 5.75 Å². The van der Waals surface area contributed by atoms with Crippen LogP contribution >= 0.6 is 7.60 Å². The second-order valence-electron chi connectivity index (χ2n) is 10.3. The topological polar surface area (TPSA) is 72.8 Å². The molecule has 0 aliphatic rings. The summed E-state index contributed by atoms with van der Waals surface area (Å²) in [6.07, 6.45) is 2.87. The second-order valence-corrected chi connectivity index (χ2v) is 12.9. The zero-order chi connectivity index (χ0) is 23.5. The number of aromatic hydroxyl groups is 1. The molecular weight excluding hydrogens is 399 g/mol. The zero-order valence-electron chi connectivity index (χ0n) is 20.2. The van der Waals surface area contributed by atoms with E-state index in [2.05, 4.69) is 0 Å². The van der Waals surface area contributed by atoms with Crippen molar-refractivity contribution in [3.8, 4) is 5.75 Å². The molecule has 1 aromatic rings. The summed E-state index contributed by atoms with van der Waals surface area (Å²) in [5.74, 6) is -0.00330. The summed E-state index contributed by atoms with van der Waals surface area (Å²) in [6.45, 7) is 19.0. The van der Waals surface area contributed by atoms with Gasteiger partial charge in [0.1, 0.15) is 12.4 Å². The van der Waals surface area contributed by atoms with E-state index in [0.717, 1.165) is 16.7 Å². The molecule has 0 heterocycles. The number of hydrogen-bond acceptors (Lipinski definition) is 5. The Balaban J connectivity index is 3.12. The van der Waals surface area contributed by atoms with Crippen molar-refractivity contribution in [2.24, 2.45) is 0 Å². The quantitative estimate of drug-likeness (QED) is 0.365. The highest BCUT2D eigenvalue weighted by atomic mass is 31.2. The number of carbonyl (C=O) groups excluding carboxylic acids is 1. The molecule has 5 nitrogen and oxygen atoms in total. The molecule has 1 aromatic carbocycles. The maximum atomic E-state index is 12.8. The highest BCUT2D eigenvalue weighted by molar-refractivity contribution is 7.54. The van der Waals surface area contributed by atoms with Crippen molar-refractivity contribution in [1.82, 2.24) is 0 Å². The summed E-state index contributed by atoms with van der Waals surface area (Å²) in [6, 6.07) is 3.80. The van der Waals surface area contributed by atoms with Crippen LogP contribution < -0.4 is 0 Å². The highest BCUT2D eigenvalue weighted by Gasteiger charge is 2.31. The van der Waals surface area contributed by atoms with Crippen molar-refractivity contribution in [2.45, 2.75) is 91.8 Å². The minimum Gasteiger partial charge on any atom is -0.507 e. The van der Waals surface area contributed by atoms with Crippen LogP contribution in [0.25, 0.3) is 6.08 Å². The number of ketones is 1. The fourth-order valence-electron chi connectivity index (χ4n) is 2.88. The van der Waals surface area contributed by atoms with E-state index in [1.165, 1.54) is 6.08 Å². The molecule has 0 fully saturated rings. The van der Waals surface area contributed by atoms with Crippen molar-refractivity contribution in [2.75, 3.05) is 6.61 Å². The minimum atomic E-state index is -3.35. The molecule has 1 unspecified atom stereocenters. The maximum absolute atomic E-state index is 12.8. The molecule has 1 N–H and O–H groups in total. The summed E-state index contributed by atoms with van der Waals surface area (Å²) in [5, 5.41) is 10.8. The molecule has 0 saturated carbocycles. The Bertz CT molecular complexity index is 788. The molecule has 1 atom stereocenters. The lowest BCUT2D eigenvalue weighted by atomic mass is 9.78. The van der Waals surface area contributed by atoms with Crippen molar-refractivity contribution in [1.29, 1.82) is 0 Å². The lowest BCUT2D eigenvalue weighted by Gasteiger charge is -2.27. The number of phenols is 1. The first-order valence-electron chi connectivity index (χ1n) is 10.5. The molecular formula is C24H39O5P. The van der Waals surface area contributed by atoms with Crippen LogP contribution in [0.2, 0.25) is 0 Å². The molecule has 6 heteroatoms. The molecule has 0 aromatic heterocycles. The molecule has 1 rings (SSSR count). The van der Waals surface area contributed by atoms with Crippen molar-refractivity contribution in [3.05, 3.63) is 34.9 Å². The van der Waals surface area contributed by atoms with Crippen molar-refractivity contribution in [3.63, 3.8) is 0 Å². The standard InChI is InChI=1S/C24H39O5P/c1-16(2)29-30(27,17(3)4)28-15-19(25)12-11-18-13-20(23(5,6)7)22(26)21(14-18)24(8,9)10/h11-14,16-17,26H,15H2,1-10H3. The Kier molecular flexibility index (Phi) is 8.70. The van der Waals surface area contributed by atoms with Crippen LogP contribution in [-0.4, -0.2) is 29.3 Å². The number of hydrogen-bond donors (Lipinski definition) is 1. The van der Waals surface area contributed by atoms with Crippen LogP contribution in [0.4, 0.5) is 0 Å². The fraction of sp³-hybridized carbons (Fsp3) is 0.625. The second kappa shape index (κ2) is 9.80. The minimum absolute atomic E-state index is 0.251. The monoisotopic (exact) mass is 438 g/mol. The van der Waals surface area contributed by atoms with Crippen molar-refractivity contribution < 1.29 is 23.5 Å². The predicted octanol–water partition coefficient (Wildman–Crippen LogP) is 6.61. The lowest BCUT2D eigenvalue weighted by molar-refractivity contribution is -0.116. The van der Waals surface area contributed by atoms with Crippen LogP contribution in [0.15, 0.2) is 18.2 Å². The third-order valence-electron chi connectivity index (χ3n) is 4.59. The van der Waals surface area contributed by atoms with Gasteiger partial charge in [0, 0.05) is 11.1 Å². The summed E-state index contributed by atoms with van der Waals surface area (Å²) in [5.41, 5.74) is 1.64. The van der Waals surface area contributed by atoms with Gasteiger partial charge >= 0.3 is 7.60 Å². The van der Waals surface area contributed by atoms with E-state index in [9.17, 15) is 14.5 Å². The van der Waals surface area contributed by atoms with Crippen molar-refractivity contribution >= 4 is 19.5 Å². The average Bonchev–Trinajstić information content (AvgIpc) is 2.56. The molecule has 0 saturated heterocycles. The molecule has 0 radical (unpaired) electrons. The maximum Gasteiger partial charge on any atom is 0.333 e. The molecule has 0 aliphatic heterocycles. The largest absolute Gasteiger partial charge is 0.507 e. The summed E-state index contributed by atoms with van der Waals surface area (Å²) in [4.78, 5) is 12.4. The average molecular weight is 439 g/mol. The molecule has 30 heavy (non-hydrogen) atoms. The van der Waals surface area contributed by atoms with Crippen LogP contribution in [-0.2, 0) is 29.2 Å². The Labute approximate surface area is 182 Å². The fourth-order valence-corrected chi connectivity index (χ4v) is 4.38. The van der Waals surface area contributed by atoms with Gasteiger partial charge < -0.3 is 14.2 Å². The van der Waals surface area contributed by atoms with Gasteiger partial charge in [-0.25, -0.2) is 0 Å². The van der Waals surface area contributed by atoms with Gasteiger partial charge in [-0.05, 0) is 48.4 Å². The van der Waals surface area contributed by atoms with Gasteiger partial charge in [0.15, 0.2) is 5.78 Å². The van der Waals surface area contributed by atoms with Gasteiger partial charge in [-0.3, -0.25) is 9.36 Å². The van der Waals surface area contributed by atoms with Gasteiger partial charge in [0.25, 0.3) is 0 Å². The first kappa shape index (κ1) is 26.6. The number of carbonyl (C=O) groups is 1. The zero-order valence-corrected chi connectivity index (χ0v) is 21.1. The van der Waals surface area contributed by atoms with E-state index in [1.54, 1.807) is 33.8 Å². The van der Waals surface area contributed by atoms with E-state index in [1.807, 2.05) is 53.7 Å². The Morgan fingerprint density at radius 3 is 1.87 bits per heavy atom. The van der Waals surface area contributed by atoms with Gasteiger partial charge in [-0.2, -0.15) is 0 Å². The molecule has 0 aliphatic carbocycles. The van der Waals surface area contributed by atoms with E-state index in [-0.39, 0.29) is 35.0 Å². The van der Waals surface area contributed by atoms with Gasteiger partial charge in [0.05, 0.1) is 11.8 Å². The highest BCUT2D eigenvalue weighted by Crippen LogP contribution is 2.53. The summed E-state index contributed by atoms with van der Waals surface area (Å²) >= 11 is 0. The third kappa shape index (κ3) is 7.37. The summed E-state index contributed by atoms with van der Waals surface area (Å²) in [7, 11) is -3.35. The predicted molar refractivity (Wildman–Crippen MR) is 124 cm³/mol. The van der Waals surface area contributed by atoms with E-state index < -0.39 is 7.60 Å².